The molecule has 5 heteroatoms. The SMILES string of the molecule is COc1ccc(C2CC(NCc3nc(C)no3)C2)cc1. The maximum absolute atomic E-state index is 5.18. The average molecular weight is 273 g/mol. The molecule has 0 saturated heterocycles. The first kappa shape index (κ1) is 13.1. The van der Waals surface area contributed by atoms with Gasteiger partial charge in [0, 0.05) is 6.04 Å². The van der Waals surface area contributed by atoms with Gasteiger partial charge in [0.25, 0.3) is 0 Å². The first-order valence-electron chi connectivity index (χ1n) is 6.91. The maximum Gasteiger partial charge on any atom is 0.240 e. The van der Waals surface area contributed by atoms with Gasteiger partial charge in [0.2, 0.25) is 5.89 Å². The Kier molecular flexibility index (Phi) is 3.69. The van der Waals surface area contributed by atoms with Crippen LogP contribution in [0.2, 0.25) is 0 Å². The van der Waals surface area contributed by atoms with Gasteiger partial charge in [0.05, 0.1) is 13.7 Å². The van der Waals surface area contributed by atoms with Crippen molar-refractivity contribution in [3.8, 4) is 5.75 Å². The maximum atomic E-state index is 5.18. The molecule has 0 bridgehead atoms. The monoisotopic (exact) mass is 273 g/mol. The molecule has 1 N–H and O–H groups in total. The van der Waals surface area contributed by atoms with Gasteiger partial charge in [-0.2, -0.15) is 4.98 Å². The van der Waals surface area contributed by atoms with E-state index in [0.717, 1.165) is 18.6 Å². The zero-order valence-corrected chi connectivity index (χ0v) is 11.8. The molecule has 0 unspecified atom stereocenters. The lowest BCUT2D eigenvalue weighted by Gasteiger charge is -2.36. The van der Waals surface area contributed by atoms with E-state index < -0.39 is 0 Å². The molecule has 0 atom stereocenters. The van der Waals surface area contributed by atoms with Gasteiger partial charge < -0.3 is 14.6 Å². The normalized spacial score (nSPS) is 21.5. The summed E-state index contributed by atoms with van der Waals surface area (Å²) in [5.74, 6) is 2.90. The van der Waals surface area contributed by atoms with Crippen LogP contribution in [0.25, 0.3) is 0 Å². The van der Waals surface area contributed by atoms with Crippen LogP contribution in [0.3, 0.4) is 0 Å². The van der Waals surface area contributed by atoms with Crippen molar-refractivity contribution in [2.75, 3.05) is 7.11 Å². The third kappa shape index (κ3) is 2.82. The Labute approximate surface area is 118 Å². The van der Waals surface area contributed by atoms with E-state index in [4.69, 9.17) is 9.26 Å². The summed E-state index contributed by atoms with van der Waals surface area (Å²) in [5.41, 5.74) is 1.39. The van der Waals surface area contributed by atoms with Gasteiger partial charge in [-0.05, 0) is 43.4 Å². The second-order valence-electron chi connectivity index (χ2n) is 5.25. The number of hydrogen-bond acceptors (Lipinski definition) is 5. The number of ether oxygens (including phenoxy) is 1. The van der Waals surface area contributed by atoms with Gasteiger partial charge in [-0.25, -0.2) is 0 Å². The second kappa shape index (κ2) is 5.63. The minimum atomic E-state index is 0.536. The molecular weight excluding hydrogens is 254 g/mol. The number of aromatic nitrogens is 2. The fraction of sp³-hybridized carbons (Fsp3) is 0.467. The molecule has 1 aromatic heterocycles. The molecule has 0 radical (unpaired) electrons. The van der Waals surface area contributed by atoms with Gasteiger partial charge in [0.1, 0.15) is 5.75 Å². The smallest absolute Gasteiger partial charge is 0.240 e. The van der Waals surface area contributed by atoms with E-state index in [1.54, 1.807) is 7.11 Å². The Balaban J connectivity index is 1.46. The zero-order chi connectivity index (χ0) is 13.9. The van der Waals surface area contributed by atoms with Crippen molar-refractivity contribution in [2.24, 2.45) is 0 Å². The predicted molar refractivity (Wildman–Crippen MR) is 74.6 cm³/mol. The van der Waals surface area contributed by atoms with Crippen molar-refractivity contribution in [1.29, 1.82) is 0 Å². The van der Waals surface area contributed by atoms with Crippen LogP contribution < -0.4 is 10.1 Å². The van der Waals surface area contributed by atoms with Crippen molar-refractivity contribution in [1.82, 2.24) is 15.5 Å². The standard InChI is InChI=1S/C15H19N3O2/c1-10-17-15(20-18-10)9-16-13-7-12(8-13)11-3-5-14(19-2)6-4-11/h3-6,12-13,16H,7-9H2,1-2H3. The lowest BCUT2D eigenvalue weighted by Crippen LogP contribution is -2.39. The summed E-state index contributed by atoms with van der Waals surface area (Å²) in [6.45, 7) is 2.48. The highest BCUT2D eigenvalue weighted by molar-refractivity contribution is 5.30. The molecule has 1 aliphatic rings. The Hall–Kier alpha value is -1.88. The molecule has 0 spiro atoms. The van der Waals surface area contributed by atoms with Crippen LogP contribution in [0, 0.1) is 6.92 Å². The Bertz CT molecular complexity index is 559. The number of aryl methyl sites for hydroxylation is 1. The van der Waals surface area contributed by atoms with Gasteiger partial charge >= 0.3 is 0 Å². The molecule has 2 aromatic rings. The van der Waals surface area contributed by atoms with Crippen LogP contribution in [0.1, 0.15) is 36.0 Å². The predicted octanol–water partition coefficient (Wildman–Crippen LogP) is 2.42. The third-order valence-corrected chi connectivity index (χ3v) is 3.84. The minimum Gasteiger partial charge on any atom is -0.497 e. The van der Waals surface area contributed by atoms with E-state index >= 15 is 0 Å². The number of nitrogens with zero attached hydrogens (tertiary/aromatic N) is 2. The van der Waals surface area contributed by atoms with Crippen molar-refractivity contribution < 1.29 is 9.26 Å². The summed E-state index contributed by atoms with van der Waals surface area (Å²) >= 11 is 0. The molecule has 1 heterocycles. The summed E-state index contributed by atoms with van der Waals surface area (Å²) in [5, 5.41) is 7.23. The van der Waals surface area contributed by atoms with Gasteiger partial charge in [-0.3, -0.25) is 0 Å². The van der Waals surface area contributed by atoms with Crippen LogP contribution in [-0.4, -0.2) is 23.3 Å². The Morgan fingerprint density at radius 3 is 2.65 bits per heavy atom. The first-order valence-corrected chi connectivity index (χ1v) is 6.91. The second-order valence-corrected chi connectivity index (χ2v) is 5.25. The topological polar surface area (TPSA) is 60.2 Å². The lowest BCUT2D eigenvalue weighted by atomic mass is 9.76. The molecule has 3 rings (SSSR count). The highest BCUT2D eigenvalue weighted by atomic mass is 16.5. The summed E-state index contributed by atoms with van der Waals surface area (Å²) in [6.07, 6.45) is 2.30. The van der Waals surface area contributed by atoms with E-state index in [1.807, 2.05) is 19.1 Å². The molecule has 1 fully saturated rings. The highest BCUT2D eigenvalue weighted by Gasteiger charge is 2.30. The summed E-state index contributed by atoms with van der Waals surface area (Å²) in [7, 11) is 1.69. The van der Waals surface area contributed by atoms with E-state index in [0.29, 0.717) is 30.2 Å². The Morgan fingerprint density at radius 2 is 2.05 bits per heavy atom. The fourth-order valence-electron chi connectivity index (χ4n) is 2.58. The van der Waals surface area contributed by atoms with Crippen LogP contribution in [0.5, 0.6) is 5.75 Å². The molecule has 1 aromatic carbocycles. The largest absolute Gasteiger partial charge is 0.497 e. The van der Waals surface area contributed by atoms with Gasteiger partial charge in [-0.15, -0.1) is 0 Å². The van der Waals surface area contributed by atoms with Crippen LogP contribution in [0.15, 0.2) is 28.8 Å². The molecule has 5 nitrogen and oxygen atoms in total. The minimum absolute atomic E-state index is 0.536. The van der Waals surface area contributed by atoms with Gasteiger partial charge in [-0.1, -0.05) is 17.3 Å². The van der Waals surface area contributed by atoms with E-state index in [2.05, 4.69) is 27.6 Å². The fourth-order valence-corrected chi connectivity index (χ4v) is 2.58. The zero-order valence-electron chi connectivity index (χ0n) is 11.8. The average Bonchev–Trinajstić information content (AvgIpc) is 2.83. The van der Waals surface area contributed by atoms with E-state index in [1.165, 1.54) is 5.56 Å². The molecule has 106 valence electrons. The first-order chi connectivity index (χ1) is 9.74. The molecule has 1 saturated carbocycles. The van der Waals surface area contributed by atoms with Gasteiger partial charge in [0.15, 0.2) is 5.82 Å². The van der Waals surface area contributed by atoms with E-state index in [9.17, 15) is 0 Å². The quantitative estimate of drug-likeness (QED) is 0.906. The van der Waals surface area contributed by atoms with Crippen LogP contribution >= 0.6 is 0 Å². The number of benzene rings is 1. The van der Waals surface area contributed by atoms with Crippen LogP contribution in [-0.2, 0) is 6.54 Å². The van der Waals surface area contributed by atoms with Crippen molar-refractivity contribution in [3.05, 3.63) is 41.5 Å². The number of nitrogens with one attached hydrogen (secondary N) is 1. The van der Waals surface area contributed by atoms with Crippen molar-refractivity contribution >= 4 is 0 Å². The molecule has 1 aliphatic carbocycles. The summed E-state index contributed by atoms with van der Waals surface area (Å²) < 4.78 is 10.3. The van der Waals surface area contributed by atoms with Crippen LogP contribution in [0.4, 0.5) is 0 Å². The Morgan fingerprint density at radius 1 is 1.30 bits per heavy atom. The molecule has 0 amide bonds. The van der Waals surface area contributed by atoms with Crippen molar-refractivity contribution in [2.45, 2.75) is 38.3 Å². The lowest BCUT2D eigenvalue weighted by molar-refractivity contribution is 0.271. The van der Waals surface area contributed by atoms with E-state index in [-0.39, 0.29) is 0 Å². The number of hydrogen-bond donors (Lipinski definition) is 1. The number of rotatable bonds is 5. The summed E-state index contributed by atoms with van der Waals surface area (Å²) in [4.78, 5) is 4.18. The third-order valence-electron chi connectivity index (χ3n) is 3.84. The highest BCUT2D eigenvalue weighted by Crippen LogP contribution is 2.37. The molecule has 20 heavy (non-hydrogen) atoms. The van der Waals surface area contributed by atoms with Crippen molar-refractivity contribution in [3.63, 3.8) is 0 Å². The molecule has 0 aliphatic heterocycles. The number of methoxy groups -OCH3 is 1. The summed E-state index contributed by atoms with van der Waals surface area (Å²) in [6, 6.07) is 8.89. The molecular formula is C15H19N3O2.